The van der Waals surface area contributed by atoms with Gasteiger partial charge in [-0.1, -0.05) is 32.9 Å². The van der Waals surface area contributed by atoms with Crippen molar-refractivity contribution in [3.8, 4) is 5.75 Å². The van der Waals surface area contributed by atoms with Gasteiger partial charge in [-0.2, -0.15) is 13.2 Å². The van der Waals surface area contributed by atoms with Crippen LogP contribution in [-0.4, -0.2) is 33.7 Å². The summed E-state index contributed by atoms with van der Waals surface area (Å²) in [7, 11) is -1.16. The fourth-order valence-electron chi connectivity index (χ4n) is 1.85. The van der Waals surface area contributed by atoms with Crippen molar-refractivity contribution in [3.05, 3.63) is 29.8 Å². The number of ether oxygens (including phenoxy) is 2. The lowest BCUT2D eigenvalue weighted by atomic mass is 10.2. The largest absolute Gasteiger partial charge is 0.497 e. The van der Waals surface area contributed by atoms with Crippen LogP contribution in [0.5, 0.6) is 5.75 Å². The predicted molar refractivity (Wildman–Crippen MR) is 95.5 cm³/mol. The second kappa shape index (κ2) is 8.43. The molecular weight excluding hydrogens is 365 g/mol. The zero-order valence-electron chi connectivity index (χ0n) is 16.1. The minimum Gasteiger partial charge on any atom is -0.497 e. The van der Waals surface area contributed by atoms with Crippen LogP contribution in [0.25, 0.3) is 0 Å². The number of esters is 1. The highest BCUT2D eigenvalue weighted by atomic mass is 28.4. The molecule has 0 unspecified atom stereocenters. The number of rotatable bonds is 7. The lowest BCUT2D eigenvalue weighted by Crippen LogP contribution is -2.48. The summed E-state index contributed by atoms with van der Waals surface area (Å²) in [6.45, 7) is 8.86. The topological polar surface area (TPSA) is 44.8 Å². The molecule has 0 aromatic heterocycles. The molecule has 1 atom stereocenters. The summed E-state index contributed by atoms with van der Waals surface area (Å²) in [5.41, 5.74) is 0.660. The van der Waals surface area contributed by atoms with Gasteiger partial charge in [-0.05, 0) is 35.8 Å². The quantitative estimate of drug-likeness (QED) is 0.479. The minimum atomic E-state index is -4.63. The lowest BCUT2D eigenvalue weighted by molar-refractivity contribution is -0.205. The van der Waals surface area contributed by atoms with E-state index in [9.17, 15) is 18.0 Å². The molecule has 0 radical (unpaired) electrons. The van der Waals surface area contributed by atoms with Gasteiger partial charge in [-0.3, -0.25) is 4.79 Å². The molecule has 1 rings (SSSR count). The van der Waals surface area contributed by atoms with Gasteiger partial charge in [0.2, 0.25) is 0 Å². The van der Waals surface area contributed by atoms with Crippen molar-refractivity contribution in [2.45, 2.75) is 64.2 Å². The summed E-state index contributed by atoms with van der Waals surface area (Å²) >= 11 is 0. The first-order valence-electron chi connectivity index (χ1n) is 8.29. The summed E-state index contributed by atoms with van der Waals surface area (Å²) in [6, 6.07) is 6.73. The summed E-state index contributed by atoms with van der Waals surface area (Å²) in [6.07, 6.45) is -7.65. The molecule has 4 nitrogen and oxygen atoms in total. The van der Waals surface area contributed by atoms with Crippen molar-refractivity contribution < 1.29 is 31.9 Å². The summed E-state index contributed by atoms with van der Waals surface area (Å²) in [4.78, 5) is 11.9. The third kappa shape index (κ3) is 6.64. The van der Waals surface area contributed by atoms with E-state index < -0.39 is 38.0 Å². The number of carbonyl (C=O) groups is 1. The van der Waals surface area contributed by atoms with E-state index in [1.54, 1.807) is 37.4 Å². The molecule has 1 aromatic rings. The summed E-state index contributed by atoms with van der Waals surface area (Å²) in [5, 5.41) is -0.399. The Morgan fingerprint density at radius 1 is 1.12 bits per heavy atom. The monoisotopic (exact) mass is 392 g/mol. The zero-order chi connectivity index (χ0) is 20.2. The average Bonchev–Trinajstić information content (AvgIpc) is 2.50. The highest BCUT2D eigenvalue weighted by molar-refractivity contribution is 6.74. The van der Waals surface area contributed by atoms with Crippen LogP contribution in [0, 0.1) is 0 Å². The van der Waals surface area contributed by atoms with E-state index in [0.717, 1.165) is 0 Å². The number of alkyl halides is 3. The van der Waals surface area contributed by atoms with Gasteiger partial charge in [-0.15, -0.1) is 0 Å². The first-order valence-corrected chi connectivity index (χ1v) is 11.2. The minimum absolute atomic E-state index is 0.104. The zero-order valence-corrected chi connectivity index (χ0v) is 17.1. The maximum Gasteiger partial charge on any atom is 0.413 e. The SMILES string of the molecule is COc1ccc(COC(=O)C[C@H](O[Si](C)(C)C(C)(C)C)C(F)(F)F)cc1. The van der Waals surface area contributed by atoms with Crippen molar-refractivity contribution in [1.82, 2.24) is 0 Å². The normalized spacial score (nSPS) is 14.0. The molecule has 148 valence electrons. The molecule has 0 aliphatic rings. The average molecular weight is 392 g/mol. The molecule has 8 heteroatoms. The number of hydrogen-bond donors (Lipinski definition) is 0. The van der Waals surface area contributed by atoms with E-state index in [-0.39, 0.29) is 6.61 Å². The van der Waals surface area contributed by atoms with Gasteiger partial charge in [-0.25, -0.2) is 0 Å². The van der Waals surface area contributed by atoms with E-state index in [1.807, 2.05) is 20.8 Å². The third-order valence-corrected chi connectivity index (χ3v) is 9.01. The van der Waals surface area contributed by atoms with E-state index in [2.05, 4.69) is 0 Å². The van der Waals surface area contributed by atoms with Crippen LogP contribution in [0.15, 0.2) is 24.3 Å². The highest BCUT2D eigenvalue weighted by Crippen LogP contribution is 2.40. The molecule has 0 aliphatic heterocycles. The first kappa shape index (κ1) is 22.5. The van der Waals surface area contributed by atoms with Crippen LogP contribution in [-0.2, 0) is 20.6 Å². The van der Waals surface area contributed by atoms with E-state index in [4.69, 9.17) is 13.9 Å². The van der Waals surface area contributed by atoms with Gasteiger partial charge in [0.15, 0.2) is 14.4 Å². The predicted octanol–water partition coefficient (Wildman–Crippen LogP) is 5.08. The summed E-state index contributed by atoms with van der Waals surface area (Å²) < 4.78 is 55.4. The van der Waals surface area contributed by atoms with Gasteiger partial charge >= 0.3 is 12.1 Å². The number of hydrogen-bond acceptors (Lipinski definition) is 4. The van der Waals surface area contributed by atoms with Gasteiger partial charge < -0.3 is 13.9 Å². The van der Waals surface area contributed by atoms with E-state index in [1.165, 1.54) is 7.11 Å². The number of benzene rings is 1. The van der Waals surface area contributed by atoms with Crippen molar-refractivity contribution >= 4 is 14.3 Å². The molecule has 26 heavy (non-hydrogen) atoms. The van der Waals surface area contributed by atoms with Crippen LogP contribution in [0.4, 0.5) is 13.2 Å². The smallest absolute Gasteiger partial charge is 0.413 e. The van der Waals surface area contributed by atoms with Crippen LogP contribution in [0.1, 0.15) is 32.8 Å². The van der Waals surface area contributed by atoms with Crippen LogP contribution in [0.3, 0.4) is 0 Å². The van der Waals surface area contributed by atoms with Gasteiger partial charge in [0.25, 0.3) is 0 Å². The maximum atomic E-state index is 13.3. The third-order valence-electron chi connectivity index (χ3n) is 4.52. The Kier molecular flexibility index (Phi) is 7.30. The fourth-order valence-corrected chi connectivity index (χ4v) is 3.13. The highest BCUT2D eigenvalue weighted by Gasteiger charge is 2.48. The maximum absolute atomic E-state index is 13.3. The molecule has 1 aromatic carbocycles. The number of halogens is 3. The molecule has 0 spiro atoms. The summed E-state index contributed by atoms with van der Waals surface area (Å²) in [5.74, 6) is -0.304. The Morgan fingerprint density at radius 3 is 2.08 bits per heavy atom. The molecule has 0 saturated heterocycles. The Morgan fingerprint density at radius 2 is 1.65 bits per heavy atom. The second-order valence-electron chi connectivity index (χ2n) is 7.62. The molecule has 0 heterocycles. The fraction of sp³-hybridized carbons (Fsp3) is 0.611. The molecule has 0 aliphatic carbocycles. The molecule has 0 bridgehead atoms. The molecule has 0 amide bonds. The van der Waals surface area contributed by atoms with Crippen LogP contribution < -0.4 is 4.74 Å². The first-order chi connectivity index (χ1) is 11.8. The van der Waals surface area contributed by atoms with E-state index in [0.29, 0.717) is 11.3 Å². The van der Waals surface area contributed by atoms with Crippen molar-refractivity contribution in [1.29, 1.82) is 0 Å². The van der Waals surface area contributed by atoms with Crippen molar-refractivity contribution in [2.75, 3.05) is 7.11 Å². The Hall–Kier alpha value is -1.54. The second-order valence-corrected chi connectivity index (χ2v) is 12.4. The van der Waals surface area contributed by atoms with Gasteiger partial charge in [0, 0.05) is 0 Å². The van der Waals surface area contributed by atoms with Crippen molar-refractivity contribution in [3.63, 3.8) is 0 Å². The Balaban J connectivity index is 2.71. The molecule has 0 saturated carbocycles. The Labute approximate surface area is 153 Å². The standard InChI is InChI=1S/C18H27F3O4Si/c1-17(2,3)26(5,6)25-15(18(19,20)21)11-16(22)24-12-13-7-9-14(23-4)10-8-13/h7-10,15H,11-12H2,1-6H3/t15-/m0/s1. The number of carbonyl (C=O) groups excluding carboxylic acids is 1. The lowest BCUT2D eigenvalue weighted by Gasteiger charge is -2.39. The van der Waals surface area contributed by atoms with Crippen LogP contribution in [0.2, 0.25) is 18.1 Å². The van der Waals surface area contributed by atoms with Gasteiger partial charge in [0.1, 0.15) is 12.4 Å². The molecular formula is C18H27F3O4Si. The molecule has 0 fully saturated rings. The Bertz CT molecular complexity index is 592. The molecule has 0 N–H and O–H groups in total. The van der Waals surface area contributed by atoms with Crippen LogP contribution >= 0.6 is 0 Å². The van der Waals surface area contributed by atoms with Gasteiger partial charge in [0.05, 0.1) is 13.5 Å². The number of methoxy groups -OCH3 is 1. The van der Waals surface area contributed by atoms with E-state index >= 15 is 0 Å². The van der Waals surface area contributed by atoms with Crippen molar-refractivity contribution in [2.24, 2.45) is 0 Å².